The highest BCUT2D eigenvalue weighted by molar-refractivity contribution is 5.92. The molecule has 5 nitrogen and oxygen atoms in total. The van der Waals surface area contributed by atoms with Crippen molar-refractivity contribution in [3.05, 3.63) is 18.0 Å². The Bertz CT molecular complexity index is 259. The van der Waals surface area contributed by atoms with Gasteiger partial charge in [0.2, 0.25) is 5.76 Å². The number of aromatic nitrogens is 1. The Balaban J connectivity index is 2.71. The number of carbonyl (C=O) groups is 1. The summed E-state index contributed by atoms with van der Waals surface area (Å²) >= 11 is 0. The zero-order valence-electron chi connectivity index (χ0n) is 4.87. The van der Waals surface area contributed by atoms with Crippen molar-refractivity contribution in [1.29, 1.82) is 5.26 Å². The number of hydrogen-bond donors (Lipinski definition) is 1. The molecule has 10 heavy (non-hydrogen) atoms. The Hall–Kier alpha value is -1.83. The summed E-state index contributed by atoms with van der Waals surface area (Å²) < 4.78 is 4.43. The average Bonchev–Trinajstić information content (AvgIpc) is 2.38. The molecule has 5 heteroatoms. The highest BCUT2D eigenvalue weighted by Crippen LogP contribution is 1.94. The fraction of sp³-hybridized carbons (Fsp3) is 0. The molecule has 0 aliphatic heterocycles. The molecule has 0 bridgehead atoms. The standard InChI is InChI=1S/C5H3N3O2/c6-3-7-5(9)4-1-2-8-10-4/h1-2H,(H,7,9). The van der Waals surface area contributed by atoms with E-state index in [2.05, 4.69) is 9.68 Å². The number of amides is 1. The molecule has 0 atom stereocenters. The van der Waals surface area contributed by atoms with Gasteiger partial charge in [0.1, 0.15) is 0 Å². The minimum absolute atomic E-state index is 0.0292. The first-order valence-electron chi connectivity index (χ1n) is 2.44. The molecular formula is C5H3N3O2. The summed E-state index contributed by atoms with van der Waals surface area (Å²) in [5.74, 6) is -0.554. The minimum atomic E-state index is -0.583. The van der Waals surface area contributed by atoms with Crippen molar-refractivity contribution < 1.29 is 9.32 Å². The first kappa shape index (κ1) is 6.29. The monoisotopic (exact) mass is 137 g/mol. The molecule has 1 rings (SSSR count). The van der Waals surface area contributed by atoms with Crippen LogP contribution in [0.3, 0.4) is 0 Å². The summed E-state index contributed by atoms with van der Waals surface area (Å²) in [5, 5.41) is 13.2. The van der Waals surface area contributed by atoms with Gasteiger partial charge in [-0.3, -0.25) is 10.1 Å². The summed E-state index contributed by atoms with van der Waals surface area (Å²) in [6.07, 6.45) is 2.79. The molecule has 0 aliphatic rings. The number of carbonyl (C=O) groups excluding carboxylic acids is 1. The van der Waals surface area contributed by atoms with Crippen LogP contribution in [0.15, 0.2) is 16.8 Å². The van der Waals surface area contributed by atoms with E-state index in [1.165, 1.54) is 18.5 Å². The Morgan fingerprint density at radius 3 is 3.20 bits per heavy atom. The lowest BCUT2D eigenvalue weighted by Gasteiger charge is -1.85. The van der Waals surface area contributed by atoms with Crippen LogP contribution in [0.1, 0.15) is 10.6 Å². The summed E-state index contributed by atoms with van der Waals surface area (Å²) in [4.78, 5) is 10.6. The highest BCUT2D eigenvalue weighted by atomic mass is 16.5. The molecule has 0 saturated carbocycles. The molecular weight excluding hydrogens is 134 g/mol. The Morgan fingerprint density at radius 2 is 2.70 bits per heavy atom. The van der Waals surface area contributed by atoms with E-state index in [1.54, 1.807) is 0 Å². The van der Waals surface area contributed by atoms with Crippen molar-refractivity contribution in [2.24, 2.45) is 0 Å². The molecule has 1 amide bonds. The average molecular weight is 137 g/mol. The molecule has 50 valence electrons. The van der Waals surface area contributed by atoms with E-state index in [0.717, 1.165) is 0 Å². The van der Waals surface area contributed by atoms with Crippen LogP contribution in [0.4, 0.5) is 0 Å². The van der Waals surface area contributed by atoms with Crippen molar-refractivity contribution in [2.45, 2.75) is 0 Å². The maximum atomic E-state index is 10.6. The molecule has 0 aromatic carbocycles. The van der Waals surface area contributed by atoms with Gasteiger partial charge in [-0.05, 0) is 0 Å². The van der Waals surface area contributed by atoms with Crippen molar-refractivity contribution in [3.8, 4) is 6.19 Å². The van der Waals surface area contributed by atoms with E-state index in [1.807, 2.05) is 5.32 Å². The van der Waals surface area contributed by atoms with Crippen molar-refractivity contribution in [2.75, 3.05) is 0 Å². The number of nitriles is 1. The summed E-state index contributed by atoms with van der Waals surface area (Å²) in [5.41, 5.74) is 0. The van der Waals surface area contributed by atoms with Crippen LogP contribution < -0.4 is 5.32 Å². The molecule has 0 fully saturated rings. The van der Waals surface area contributed by atoms with E-state index in [9.17, 15) is 4.79 Å². The second-order valence-corrected chi connectivity index (χ2v) is 1.44. The first-order valence-corrected chi connectivity index (χ1v) is 2.44. The van der Waals surface area contributed by atoms with Gasteiger partial charge in [0.05, 0.1) is 6.20 Å². The van der Waals surface area contributed by atoms with Crippen LogP contribution in [0, 0.1) is 11.5 Å². The van der Waals surface area contributed by atoms with E-state index in [4.69, 9.17) is 5.26 Å². The van der Waals surface area contributed by atoms with Crippen molar-refractivity contribution in [3.63, 3.8) is 0 Å². The molecule has 0 saturated heterocycles. The lowest BCUT2D eigenvalue weighted by molar-refractivity contribution is 0.0936. The quantitative estimate of drug-likeness (QED) is 0.432. The number of hydrogen-bond acceptors (Lipinski definition) is 4. The maximum Gasteiger partial charge on any atom is 0.302 e. The molecule has 1 heterocycles. The molecule has 0 spiro atoms. The highest BCUT2D eigenvalue weighted by Gasteiger charge is 2.06. The van der Waals surface area contributed by atoms with Gasteiger partial charge in [0.25, 0.3) is 0 Å². The van der Waals surface area contributed by atoms with Gasteiger partial charge in [-0.2, -0.15) is 5.26 Å². The van der Waals surface area contributed by atoms with Crippen LogP contribution in [0.5, 0.6) is 0 Å². The molecule has 1 aromatic rings. The van der Waals surface area contributed by atoms with Gasteiger partial charge >= 0.3 is 5.91 Å². The molecule has 0 aliphatic carbocycles. The lowest BCUT2D eigenvalue weighted by atomic mass is 10.4. The second kappa shape index (κ2) is 2.64. The largest absolute Gasteiger partial charge is 0.351 e. The van der Waals surface area contributed by atoms with Crippen LogP contribution in [0.2, 0.25) is 0 Å². The smallest absolute Gasteiger partial charge is 0.302 e. The van der Waals surface area contributed by atoms with Gasteiger partial charge in [0.15, 0.2) is 6.19 Å². The molecule has 1 aromatic heterocycles. The second-order valence-electron chi connectivity index (χ2n) is 1.44. The SMILES string of the molecule is N#CNC(=O)c1ccno1. The fourth-order valence-corrected chi connectivity index (χ4v) is 0.445. The van der Waals surface area contributed by atoms with Crippen molar-refractivity contribution in [1.82, 2.24) is 10.5 Å². The van der Waals surface area contributed by atoms with Crippen LogP contribution in [0.25, 0.3) is 0 Å². The number of rotatable bonds is 1. The summed E-state index contributed by atoms with van der Waals surface area (Å²) in [6.45, 7) is 0. The molecule has 1 N–H and O–H groups in total. The number of nitrogens with zero attached hydrogens (tertiary/aromatic N) is 2. The number of nitrogens with one attached hydrogen (secondary N) is 1. The van der Waals surface area contributed by atoms with Crippen LogP contribution in [-0.4, -0.2) is 11.1 Å². The van der Waals surface area contributed by atoms with Crippen LogP contribution >= 0.6 is 0 Å². The first-order chi connectivity index (χ1) is 4.84. The Labute approximate surface area is 56.2 Å². The van der Waals surface area contributed by atoms with Gasteiger partial charge in [-0.15, -0.1) is 0 Å². The minimum Gasteiger partial charge on any atom is -0.351 e. The molecule has 0 unspecified atom stereocenters. The van der Waals surface area contributed by atoms with Gasteiger partial charge in [0, 0.05) is 6.07 Å². The summed E-state index contributed by atoms with van der Waals surface area (Å²) in [7, 11) is 0. The Morgan fingerprint density at radius 1 is 1.90 bits per heavy atom. The van der Waals surface area contributed by atoms with Gasteiger partial charge in [-0.25, -0.2) is 0 Å². The predicted octanol–water partition coefficient (Wildman–Crippen LogP) is -0.115. The predicted molar refractivity (Wildman–Crippen MR) is 29.6 cm³/mol. The third-order valence-electron chi connectivity index (χ3n) is 0.831. The normalized spacial score (nSPS) is 8.30. The van der Waals surface area contributed by atoms with E-state index < -0.39 is 5.91 Å². The van der Waals surface area contributed by atoms with Gasteiger partial charge in [-0.1, -0.05) is 5.16 Å². The fourth-order valence-electron chi connectivity index (χ4n) is 0.445. The van der Waals surface area contributed by atoms with E-state index in [0.29, 0.717) is 0 Å². The third kappa shape index (κ3) is 1.11. The van der Waals surface area contributed by atoms with Crippen molar-refractivity contribution >= 4 is 5.91 Å². The van der Waals surface area contributed by atoms with E-state index in [-0.39, 0.29) is 5.76 Å². The zero-order valence-corrected chi connectivity index (χ0v) is 4.87. The Kier molecular flexibility index (Phi) is 1.66. The zero-order chi connectivity index (χ0) is 7.40. The maximum absolute atomic E-state index is 10.6. The summed E-state index contributed by atoms with van der Waals surface area (Å²) in [6, 6.07) is 1.37. The lowest BCUT2D eigenvalue weighted by Crippen LogP contribution is -2.16. The third-order valence-corrected chi connectivity index (χ3v) is 0.831. The topological polar surface area (TPSA) is 78.9 Å². The van der Waals surface area contributed by atoms with E-state index >= 15 is 0 Å². The molecule has 0 radical (unpaired) electrons. The van der Waals surface area contributed by atoms with Gasteiger partial charge < -0.3 is 4.52 Å². The van der Waals surface area contributed by atoms with Crippen LogP contribution in [-0.2, 0) is 0 Å².